The summed E-state index contributed by atoms with van der Waals surface area (Å²) in [6.07, 6.45) is 1.92. The Morgan fingerprint density at radius 1 is 1.15 bits per heavy atom. The lowest BCUT2D eigenvalue weighted by atomic mass is 10.0. The van der Waals surface area contributed by atoms with E-state index in [0.29, 0.717) is 0 Å². The van der Waals surface area contributed by atoms with Crippen LogP contribution in [-0.2, 0) is 0 Å². The Balaban J connectivity index is 2.16. The number of rotatable bonds is 2. The Morgan fingerprint density at radius 2 is 1.92 bits per heavy atom. The summed E-state index contributed by atoms with van der Waals surface area (Å²) in [5.74, 6) is 0. The van der Waals surface area contributed by atoms with Crippen molar-refractivity contribution in [1.29, 1.82) is 0 Å². The van der Waals surface area contributed by atoms with Crippen LogP contribution in [-0.4, -0.2) is 11.4 Å². The molecular formula is C11H12N2. The van der Waals surface area contributed by atoms with Crippen LogP contribution in [0.4, 0.5) is 0 Å². The SMILES string of the molecule is CCC1=NN=C(c2ccccc2)C1. The average molecular weight is 172 g/mol. The van der Waals surface area contributed by atoms with E-state index < -0.39 is 0 Å². The van der Waals surface area contributed by atoms with Gasteiger partial charge in [-0.05, 0) is 12.0 Å². The second-order valence-electron chi connectivity index (χ2n) is 3.11. The lowest BCUT2D eigenvalue weighted by Crippen LogP contribution is -2.02. The molecule has 0 saturated carbocycles. The molecule has 13 heavy (non-hydrogen) atoms. The Morgan fingerprint density at radius 3 is 2.54 bits per heavy atom. The van der Waals surface area contributed by atoms with Gasteiger partial charge in [0.2, 0.25) is 0 Å². The topological polar surface area (TPSA) is 24.7 Å². The summed E-state index contributed by atoms with van der Waals surface area (Å²) >= 11 is 0. The van der Waals surface area contributed by atoms with Gasteiger partial charge in [0.1, 0.15) is 0 Å². The number of benzene rings is 1. The zero-order valence-corrected chi connectivity index (χ0v) is 7.70. The van der Waals surface area contributed by atoms with Crippen molar-refractivity contribution in [3.63, 3.8) is 0 Å². The molecule has 0 fully saturated rings. The van der Waals surface area contributed by atoms with E-state index in [1.165, 1.54) is 11.3 Å². The molecule has 0 unspecified atom stereocenters. The summed E-state index contributed by atoms with van der Waals surface area (Å²) < 4.78 is 0. The van der Waals surface area contributed by atoms with Crippen LogP contribution >= 0.6 is 0 Å². The second kappa shape index (κ2) is 3.52. The van der Waals surface area contributed by atoms with Gasteiger partial charge in [0.25, 0.3) is 0 Å². The van der Waals surface area contributed by atoms with Crippen LogP contribution in [0.5, 0.6) is 0 Å². The maximum atomic E-state index is 4.16. The van der Waals surface area contributed by atoms with Crippen molar-refractivity contribution in [3.05, 3.63) is 35.9 Å². The molecule has 1 aliphatic rings. The molecule has 0 spiro atoms. The number of hydrogen-bond donors (Lipinski definition) is 0. The molecule has 0 radical (unpaired) electrons. The molecule has 1 aromatic rings. The predicted octanol–water partition coefficient (Wildman–Crippen LogP) is 2.65. The van der Waals surface area contributed by atoms with Crippen LogP contribution in [0.15, 0.2) is 40.5 Å². The van der Waals surface area contributed by atoms with E-state index >= 15 is 0 Å². The molecular weight excluding hydrogens is 160 g/mol. The molecule has 0 saturated heterocycles. The Hall–Kier alpha value is -1.44. The third kappa shape index (κ3) is 1.66. The number of nitrogens with zero attached hydrogens (tertiary/aromatic N) is 2. The lowest BCUT2D eigenvalue weighted by Gasteiger charge is -1.98. The van der Waals surface area contributed by atoms with E-state index in [0.717, 1.165) is 18.6 Å². The first kappa shape index (κ1) is 8.17. The Bertz CT molecular complexity index is 350. The first-order chi connectivity index (χ1) is 6.40. The van der Waals surface area contributed by atoms with Crippen molar-refractivity contribution < 1.29 is 0 Å². The van der Waals surface area contributed by atoms with Crippen molar-refractivity contribution >= 4 is 11.4 Å². The highest BCUT2D eigenvalue weighted by Crippen LogP contribution is 2.12. The molecule has 2 nitrogen and oxygen atoms in total. The first-order valence-electron chi connectivity index (χ1n) is 4.58. The van der Waals surface area contributed by atoms with Gasteiger partial charge in [-0.25, -0.2) is 0 Å². The van der Waals surface area contributed by atoms with Gasteiger partial charge in [-0.1, -0.05) is 37.3 Å². The van der Waals surface area contributed by atoms with E-state index in [1.54, 1.807) is 0 Å². The highest BCUT2D eigenvalue weighted by Gasteiger charge is 2.11. The molecule has 0 amide bonds. The third-order valence-electron chi connectivity index (χ3n) is 2.20. The molecule has 2 rings (SSSR count). The Labute approximate surface area is 78.0 Å². The van der Waals surface area contributed by atoms with Crippen LogP contribution in [0.1, 0.15) is 25.3 Å². The van der Waals surface area contributed by atoms with Crippen LogP contribution in [0.25, 0.3) is 0 Å². The van der Waals surface area contributed by atoms with E-state index in [9.17, 15) is 0 Å². The monoisotopic (exact) mass is 172 g/mol. The van der Waals surface area contributed by atoms with Gasteiger partial charge in [-0.3, -0.25) is 0 Å². The van der Waals surface area contributed by atoms with Crippen LogP contribution in [0.2, 0.25) is 0 Å². The van der Waals surface area contributed by atoms with Gasteiger partial charge in [-0.2, -0.15) is 10.2 Å². The lowest BCUT2D eigenvalue weighted by molar-refractivity contribution is 1.19. The van der Waals surface area contributed by atoms with Gasteiger partial charge in [-0.15, -0.1) is 0 Å². The fourth-order valence-corrected chi connectivity index (χ4v) is 1.38. The van der Waals surface area contributed by atoms with Crippen molar-refractivity contribution in [3.8, 4) is 0 Å². The quantitative estimate of drug-likeness (QED) is 0.655. The van der Waals surface area contributed by atoms with Gasteiger partial charge < -0.3 is 0 Å². The molecule has 1 heterocycles. The van der Waals surface area contributed by atoms with Crippen LogP contribution < -0.4 is 0 Å². The number of hydrogen-bond acceptors (Lipinski definition) is 2. The summed E-state index contributed by atoms with van der Waals surface area (Å²) in [4.78, 5) is 0. The van der Waals surface area contributed by atoms with Crippen LogP contribution in [0, 0.1) is 0 Å². The minimum atomic E-state index is 0.917. The van der Waals surface area contributed by atoms with Crippen molar-refractivity contribution in [1.82, 2.24) is 0 Å². The molecule has 0 aromatic heterocycles. The zero-order valence-electron chi connectivity index (χ0n) is 7.70. The van der Waals surface area contributed by atoms with Gasteiger partial charge in [0, 0.05) is 12.1 Å². The smallest absolute Gasteiger partial charge is 0.0759 e. The molecule has 0 N–H and O–H groups in total. The summed E-state index contributed by atoms with van der Waals surface area (Å²) in [6.45, 7) is 2.11. The molecule has 66 valence electrons. The van der Waals surface area contributed by atoms with E-state index in [4.69, 9.17) is 0 Å². The molecule has 0 atom stereocenters. The maximum Gasteiger partial charge on any atom is 0.0759 e. The molecule has 0 aliphatic carbocycles. The zero-order chi connectivity index (χ0) is 9.10. The fourth-order valence-electron chi connectivity index (χ4n) is 1.38. The largest absolute Gasteiger partial charge is 0.159 e. The van der Waals surface area contributed by atoms with Gasteiger partial charge >= 0.3 is 0 Å². The van der Waals surface area contributed by atoms with E-state index in [-0.39, 0.29) is 0 Å². The van der Waals surface area contributed by atoms with Crippen molar-refractivity contribution in [2.45, 2.75) is 19.8 Å². The average Bonchev–Trinajstić information content (AvgIpc) is 2.67. The summed E-state index contributed by atoms with van der Waals surface area (Å²) in [5.41, 5.74) is 3.46. The Kier molecular flexibility index (Phi) is 2.21. The third-order valence-corrected chi connectivity index (χ3v) is 2.20. The highest BCUT2D eigenvalue weighted by atomic mass is 15.2. The van der Waals surface area contributed by atoms with Gasteiger partial charge in [0.05, 0.1) is 5.71 Å². The molecule has 0 bridgehead atoms. The maximum absolute atomic E-state index is 4.16. The van der Waals surface area contributed by atoms with Gasteiger partial charge in [0.15, 0.2) is 0 Å². The minimum absolute atomic E-state index is 0.917. The first-order valence-corrected chi connectivity index (χ1v) is 4.58. The summed E-state index contributed by atoms with van der Waals surface area (Å²) in [7, 11) is 0. The van der Waals surface area contributed by atoms with Crippen molar-refractivity contribution in [2.24, 2.45) is 10.2 Å². The van der Waals surface area contributed by atoms with Crippen LogP contribution in [0.3, 0.4) is 0 Å². The molecule has 1 aliphatic heterocycles. The fraction of sp³-hybridized carbons (Fsp3) is 0.273. The molecule has 1 aromatic carbocycles. The minimum Gasteiger partial charge on any atom is -0.159 e. The van der Waals surface area contributed by atoms with E-state index in [2.05, 4.69) is 29.3 Å². The standard InChI is InChI=1S/C11H12N2/c1-2-10-8-11(13-12-10)9-6-4-3-5-7-9/h3-7H,2,8H2,1H3. The molecule has 2 heteroatoms. The van der Waals surface area contributed by atoms with E-state index in [1.807, 2.05) is 18.2 Å². The second-order valence-corrected chi connectivity index (χ2v) is 3.11. The predicted molar refractivity (Wildman–Crippen MR) is 55.3 cm³/mol. The summed E-state index contributed by atoms with van der Waals surface area (Å²) in [5, 5.41) is 8.28. The highest BCUT2D eigenvalue weighted by molar-refractivity contribution is 6.14. The summed E-state index contributed by atoms with van der Waals surface area (Å²) in [6, 6.07) is 10.2. The normalized spacial score (nSPS) is 15.5. The van der Waals surface area contributed by atoms with Crippen molar-refractivity contribution in [2.75, 3.05) is 0 Å².